The third-order valence-corrected chi connectivity index (χ3v) is 3.22. The van der Waals surface area contributed by atoms with Gasteiger partial charge in [0, 0.05) is 12.6 Å². The Bertz CT molecular complexity index is 377. The largest absolute Gasteiger partial charge is 0.359 e. The van der Waals surface area contributed by atoms with Crippen LogP contribution in [0.2, 0.25) is 0 Å². The van der Waals surface area contributed by atoms with Crippen molar-refractivity contribution in [2.75, 3.05) is 13.2 Å². The molecule has 0 aromatic heterocycles. The van der Waals surface area contributed by atoms with E-state index in [0.29, 0.717) is 6.61 Å². The Morgan fingerprint density at radius 1 is 1.44 bits per heavy atom. The molecular weight excluding hydrogens is 202 g/mol. The molecule has 86 valence electrons. The number of carbonyl (C=O) groups excluding carboxylic acids is 1. The number of hydrogen-bond donors (Lipinski definition) is 1. The molecule has 1 aliphatic rings. The van der Waals surface area contributed by atoms with Gasteiger partial charge in [-0.3, -0.25) is 4.79 Å². The first-order valence-corrected chi connectivity index (χ1v) is 5.62. The zero-order valence-electron chi connectivity index (χ0n) is 9.69. The number of morpholine rings is 1. The van der Waals surface area contributed by atoms with Gasteiger partial charge in [0.1, 0.15) is 0 Å². The van der Waals surface area contributed by atoms with Crippen LogP contribution in [-0.4, -0.2) is 25.0 Å². The third kappa shape index (κ3) is 1.66. The van der Waals surface area contributed by atoms with Crippen molar-refractivity contribution in [3.8, 4) is 0 Å². The Morgan fingerprint density at radius 3 is 2.69 bits per heavy atom. The van der Waals surface area contributed by atoms with Crippen LogP contribution < -0.4 is 5.32 Å². The number of ether oxygens (including phenoxy) is 1. The van der Waals surface area contributed by atoms with Crippen LogP contribution in [-0.2, 0) is 15.1 Å². The molecule has 0 bridgehead atoms. The standard InChI is InChI=1S/C13H17NO2/c1-10-13(11(2)15,16-9-8-14-10)12-6-4-3-5-7-12/h3-7,10,14H,8-9H2,1-2H3. The smallest absolute Gasteiger partial charge is 0.167 e. The van der Waals surface area contributed by atoms with Gasteiger partial charge in [-0.2, -0.15) is 0 Å². The molecule has 2 rings (SSSR count). The van der Waals surface area contributed by atoms with Crippen LogP contribution in [0.15, 0.2) is 30.3 Å². The van der Waals surface area contributed by atoms with Crippen LogP contribution in [0.3, 0.4) is 0 Å². The second-order valence-electron chi connectivity index (χ2n) is 4.18. The van der Waals surface area contributed by atoms with Crippen LogP contribution in [0.5, 0.6) is 0 Å². The van der Waals surface area contributed by atoms with Crippen LogP contribution >= 0.6 is 0 Å². The molecule has 1 aliphatic heterocycles. The van der Waals surface area contributed by atoms with Crippen molar-refractivity contribution >= 4 is 5.78 Å². The van der Waals surface area contributed by atoms with Gasteiger partial charge in [0.25, 0.3) is 0 Å². The van der Waals surface area contributed by atoms with Gasteiger partial charge in [0.15, 0.2) is 11.4 Å². The molecule has 1 aromatic rings. The van der Waals surface area contributed by atoms with Crippen LogP contribution in [0.1, 0.15) is 19.4 Å². The Kier molecular flexibility index (Phi) is 3.08. The lowest BCUT2D eigenvalue weighted by Gasteiger charge is -2.41. The number of ketones is 1. The summed E-state index contributed by atoms with van der Waals surface area (Å²) in [5.41, 5.74) is 0.113. The predicted octanol–water partition coefficient (Wildman–Crippen LogP) is 1.48. The normalized spacial score (nSPS) is 30.0. The maximum absolute atomic E-state index is 12.0. The topological polar surface area (TPSA) is 38.3 Å². The van der Waals surface area contributed by atoms with Crippen LogP contribution in [0.4, 0.5) is 0 Å². The van der Waals surface area contributed by atoms with Crippen molar-refractivity contribution < 1.29 is 9.53 Å². The van der Waals surface area contributed by atoms with E-state index in [1.54, 1.807) is 6.92 Å². The van der Waals surface area contributed by atoms with Crippen molar-refractivity contribution in [3.05, 3.63) is 35.9 Å². The Balaban J connectivity index is 2.46. The molecule has 0 radical (unpaired) electrons. The third-order valence-electron chi connectivity index (χ3n) is 3.22. The van der Waals surface area contributed by atoms with Crippen molar-refractivity contribution in [2.24, 2.45) is 0 Å². The quantitative estimate of drug-likeness (QED) is 0.818. The highest BCUT2D eigenvalue weighted by Gasteiger charge is 2.45. The Hall–Kier alpha value is -1.19. The summed E-state index contributed by atoms with van der Waals surface area (Å²) in [6.45, 7) is 4.95. The average molecular weight is 219 g/mol. The van der Waals surface area contributed by atoms with Crippen molar-refractivity contribution in [1.82, 2.24) is 5.32 Å². The number of hydrogen-bond acceptors (Lipinski definition) is 3. The van der Waals surface area contributed by atoms with Gasteiger partial charge in [0.2, 0.25) is 0 Å². The summed E-state index contributed by atoms with van der Waals surface area (Å²) in [5.74, 6) is 0.0541. The molecule has 3 heteroatoms. The van der Waals surface area contributed by atoms with E-state index in [2.05, 4.69) is 5.32 Å². The summed E-state index contributed by atoms with van der Waals surface area (Å²) in [6, 6.07) is 9.71. The van der Waals surface area contributed by atoms with Gasteiger partial charge in [-0.25, -0.2) is 0 Å². The van der Waals surface area contributed by atoms with Crippen molar-refractivity contribution in [3.63, 3.8) is 0 Å². The molecule has 3 nitrogen and oxygen atoms in total. The molecule has 1 heterocycles. The summed E-state index contributed by atoms with van der Waals surface area (Å²) >= 11 is 0. The maximum Gasteiger partial charge on any atom is 0.167 e. The monoisotopic (exact) mass is 219 g/mol. The first-order chi connectivity index (χ1) is 7.68. The lowest BCUT2D eigenvalue weighted by molar-refractivity contribution is -0.154. The van der Waals surface area contributed by atoms with E-state index in [1.807, 2.05) is 37.3 Å². The molecule has 0 spiro atoms. The van der Waals surface area contributed by atoms with Crippen LogP contribution in [0, 0.1) is 0 Å². The highest BCUT2D eigenvalue weighted by molar-refractivity contribution is 5.87. The minimum absolute atomic E-state index is 0.00106. The molecule has 0 aliphatic carbocycles. The Morgan fingerprint density at radius 2 is 2.12 bits per heavy atom. The maximum atomic E-state index is 12.0. The average Bonchev–Trinajstić information content (AvgIpc) is 2.30. The van der Waals surface area contributed by atoms with E-state index < -0.39 is 5.60 Å². The molecule has 0 saturated carbocycles. The summed E-state index contributed by atoms with van der Waals surface area (Å²) in [7, 11) is 0. The Labute approximate surface area is 95.8 Å². The van der Waals surface area contributed by atoms with Crippen LogP contribution in [0.25, 0.3) is 0 Å². The van der Waals surface area contributed by atoms with E-state index in [1.165, 1.54) is 0 Å². The minimum Gasteiger partial charge on any atom is -0.359 e. The molecule has 1 saturated heterocycles. The van der Waals surface area contributed by atoms with Gasteiger partial charge >= 0.3 is 0 Å². The first kappa shape index (κ1) is 11.3. The minimum atomic E-state index is -0.820. The fourth-order valence-corrected chi connectivity index (χ4v) is 2.39. The van der Waals surface area contributed by atoms with Crippen molar-refractivity contribution in [1.29, 1.82) is 0 Å². The second kappa shape index (κ2) is 4.36. The summed E-state index contributed by atoms with van der Waals surface area (Å²) in [6.07, 6.45) is 0. The molecule has 16 heavy (non-hydrogen) atoms. The number of rotatable bonds is 2. The molecule has 1 N–H and O–H groups in total. The second-order valence-corrected chi connectivity index (χ2v) is 4.18. The number of Topliss-reactive ketones (excluding diaryl/α,β-unsaturated/α-hetero) is 1. The number of carbonyl (C=O) groups is 1. The molecule has 0 amide bonds. The lowest BCUT2D eigenvalue weighted by Crippen LogP contribution is -2.58. The fraction of sp³-hybridized carbons (Fsp3) is 0.462. The van der Waals surface area contributed by atoms with Gasteiger partial charge in [-0.05, 0) is 19.4 Å². The SMILES string of the molecule is CC(=O)C1(c2ccccc2)OCCNC1C. The fourth-order valence-electron chi connectivity index (χ4n) is 2.39. The van der Waals surface area contributed by atoms with Crippen molar-refractivity contribution in [2.45, 2.75) is 25.5 Å². The predicted molar refractivity (Wildman–Crippen MR) is 62.2 cm³/mol. The first-order valence-electron chi connectivity index (χ1n) is 5.62. The van der Waals surface area contributed by atoms with E-state index in [-0.39, 0.29) is 11.8 Å². The van der Waals surface area contributed by atoms with E-state index in [4.69, 9.17) is 4.74 Å². The zero-order valence-corrected chi connectivity index (χ0v) is 9.69. The number of nitrogens with one attached hydrogen (secondary N) is 1. The zero-order chi connectivity index (χ0) is 11.6. The molecular formula is C13H17NO2. The van der Waals surface area contributed by atoms with Gasteiger partial charge < -0.3 is 10.1 Å². The molecule has 2 atom stereocenters. The molecule has 1 aromatic carbocycles. The summed E-state index contributed by atoms with van der Waals surface area (Å²) < 4.78 is 5.81. The number of benzene rings is 1. The van der Waals surface area contributed by atoms with Gasteiger partial charge in [0.05, 0.1) is 6.61 Å². The summed E-state index contributed by atoms with van der Waals surface area (Å²) in [5, 5.41) is 3.31. The molecule has 2 unspecified atom stereocenters. The van der Waals surface area contributed by atoms with E-state index in [0.717, 1.165) is 12.1 Å². The molecule has 1 fully saturated rings. The van der Waals surface area contributed by atoms with Gasteiger partial charge in [-0.1, -0.05) is 30.3 Å². The highest BCUT2D eigenvalue weighted by atomic mass is 16.5. The summed E-state index contributed by atoms with van der Waals surface area (Å²) in [4.78, 5) is 12.0. The van der Waals surface area contributed by atoms with Gasteiger partial charge in [-0.15, -0.1) is 0 Å². The highest BCUT2D eigenvalue weighted by Crippen LogP contribution is 2.32. The van der Waals surface area contributed by atoms with E-state index >= 15 is 0 Å². The van der Waals surface area contributed by atoms with E-state index in [9.17, 15) is 4.79 Å². The lowest BCUT2D eigenvalue weighted by atomic mass is 9.82.